The van der Waals surface area contributed by atoms with Gasteiger partial charge in [-0.05, 0) is 44.2 Å². The minimum absolute atomic E-state index is 0.118. The van der Waals surface area contributed by atoms with Crippen molar-refractivity contribution in [1.82, 2.24) is 0 Å². The van der Waals surface area contributed by atoms with Gasteiger partial charge in [-0.1, -0.05) is 29.8 Å². The van der Waals surface area contributed by atoms with Crippen LogP contribution in [-0.4, -0.2) is 17.9 Å². The number of Topliss-reactive ketones (excluding diaryl/α,β-unsaturated/α-hetero) is 1. The van der Waals surface area contributed by atoms with Gasteiger partial charge in [0.1, 0.15) is 5.58 Å². The van der Waals surface area contributed by atoms with Crippen LogP contribution in [0.15, 0.2) is 52.9 Å². The van der Waals surface area contributed by atoms with E-state index in [4.69, 9.17) is 20.8 Å². The first-order chi connectivity index (χ1) is 11.5. The van der Waals surface area contributed by atoms with Crippen LogP contribution in [0.3, 0.4) is 0 Å². The van der Waals surface area contributed by atoms with Gasteiger partial charge in [-0.25, -0.2) is 4.79 Å². The number of aryl methyl sites for hydroxylation is 1. The molecule has 1 aromatic heterocycles. The highest BCUT2D eigenvalue weighted by Crippen LogP contribution is 2.26. The van der Waals surface area contributed by atoms with Gasteiger partial charge in [0.2, 0.25) is 11.5 Å². The summed E-state index contributed by atoms with van der Waals surface area (Å²) in [7, 11) is 0. The van der Waals surface area contributed by atoms with Crippen molar-refractivity contribution in [3.8, 4) is 0 Å². The molecule has 122 valence electrons. The Balaban J connectivity index is 1.79. The lowest BCUT2D eigenvalue weighted by molar-refractivity contribution is 0.0290. The van der Waals surface area contributed by atoms with E-state index < -0.39 is 12.1 Å². The van der Waals surface area contributed by atoms with E-state index in [0.717, 1.165) is 5.39 Å². The average Bonchev–Trinajstić information content (AvgIpc) is 2.92. The number of carbonyl (C=O) groups excluding carboxylic acids is 2. The van der Waals surface area contributed by atoms with Crippen LogP contribution < -0.4 is 0 Å². The minimum Gasteiger partial charge on any atom is -0.449 e. The smallest absolute Gasteiger partial charge is 0.375 e. The first-order valence-corrected chi connectivity index (χ1v) is 7.84. The second kappa shape index (κ2) is 6.49. The van der Waals surface area contributed by atoms with Crippen molar-refractivity contribution in [2.45, 2.75) is 20.0 Å². The summed E-state index contributed by atoms with van der Waals surface area (Å²) in [4.78, 5) is 24.7. The Morgan fingerprint density at radius 3 is 2.42 bits per heavy atom. The number of para-hydroxylation sites is 1. The van der Waals surface area contributed by atoms with Crippen LogP contribution in [0.4, 0.5) is 0 Å². The van der Waals surface area contributed by atoms with Crippen molar-refractivity contribution in [3.63, 3.8) is 0 Å². The molecule has 2 aromatic carbocycles. The third-order valence-corrected chi connectivity index (χ3v) is 4.06. The number of halogens is 1. The van der Waals surface area contributed by atoms with Crippen molar-refractivity contribution in [1.29, 1.82) is 0 Å². The lowest BCUT2D eigenvalue weighted by atomic mass is 10.1. The second-order valence-electron chi connectivity index (χ2n) is 5.47. The number of hydrogen-bond donors (Lipinski definition) is 0. The van der Waals surface area contributed by atoms with E-state index in [-0.39, 0.29) is 11.5 Å². The van der Waals surface area contributed by atoms with Crippen LogP contribution >= 0.6 is 11.6 Å². The normalized spacial score (nSPS) is 12.1. The molecule has 0 fully saturated rings. The van der Waals surface area contributed by atoms with Gasteiger partial charge in [0.15, 0.2) is 6.10 Å². The Kier molecular flexibility index (Phi) is 4.40. The quantitative estimate of drug-likeness (QED) is 0.503. The van der Waals surface area contributed by atoms with E-state index in [1.165, 1.54) is 6.92 Å². The number of fused-ring (bicyclic) bond motifs is 1. The fourth-order valence-corrected chi connectivity index (χ4v) is 2.61. The minimum atomic E-state index is -0.925. The number of hydrogen-bond acceptors (Lipinski definition) is 4. The van der Waals surface area contributed by atoms with E-state index in [2.05, 4.69) is 0 Å². The molecule has 0 aliphatic rings. The van der Waals surface area contributed by atoms with E-state index in [0.29, 0.717) is 21.7 Å². The Labute approximate surface area is 144 Å². The standard InChI is InChI=1S/C19H15ClO4/c1-11-15-5-3-4-6-16(15)24-18(11)19(22)23-12(2)17(21)13-7-9-14(20)10-8-13/h3-10,12H,1-2H3. The van der Waals surface area contributed by atoms with Gasteiger partial charge in [-0.3, -0.25) is 4.79 Å². The van der Waals surface area contributed by atoms with Crippen molar-refractivity contribution < 1.29 is 18.7 Å². The van der Waals surface area contributed by atoms with Gasteiger partial charge in [0, 0.05) is 21.5 Å². The lowest BCUT2D eigenvalue weighted by Gasteiger charge is -2.11. The molecule has 0 radical (unpaired) electrons. The number of esters is 1. The number of furan rings is 1. The molecule has 3 aromatic rings. The maximum atomic E-state index is 12.3. The highest BCUT2D eigenvalue weighted by molar-refractivity contribution is 6.30. The molecule has 1 atom stereocenters. The Morgan fingerprint density at radius 1 is 1.08 bits per heavy atom. The Bertz CT molecular complexity index is 909. The lowest BCUT2D eigenvalue weighted by Crippen LogP contribution is -2.24. The maximum absolute atomic E-state index is 12.3. The summed E-state index contributed by atoms with van der Waals surface area (Å²) in [5.74, 6) is -0.834. The SMILES string of the molecule is Cc1c(C(=O)OC(C)C(=O)c2ccc(Cl)cc2)oc2ccccc12. The van der Waals surface area contributed by atoms with Crippen LogP contribution in [0, 0.1) is 6.92 Å². The fraction of sp³-hybridized carbons (Fsp3) is 0.158. The molecule has 0 aliphatic carbocycles. The summed E-state index contributed by atoms with van der Waals surface area (Å²) < 4.78 is 10.8. The highest BCUT2D eigenvalue weighted by Gasteiger charge is 2.24. The van der Waals surface area contributed by atoms with Crippen LogP contribution in [0.5, 0.6) is 0 Å². The Morgan fingerprint density at radius 2 is 1.75 bits per heavy atom. The van der Waals surface area contributed by atoms with Crippen molar-refractivity contribution >= 4 is 34.3 Å². The van der Waals surface area contributed by atoms with Gasteiger partial charge in [-0.2, -0.15) is 0 Å². The van der Waals surface area contributed by atoms with Gasteiger partial charge in [0.05, 0.1) is 0 Å². The summed E-state index contributed by atoms with van der Waals surface area (Å²) in [6, 6.07) is 13.8. The summed E-state index contributed by atoms with van der Waals surface area (Å²) >= 11 is 5.81. The van der Waals surface area contributed by atoms with Gasteiger partial charge >= 0.3 is 5.97 Å². The topological polar surface area (TPSA) is 56.5 Å². The molecule has 1 unspecified atom stereocenters. The van der Waals surface area contributed by atoms with Crippen molar-refractivity contribution in [3.05, 3.63) is 70.4 Å². The number of benzene rings is 2. The average molecular weight is 343 g/mol. The molecule has 0 spiro atoms. The maximum Gasteiger partial charge on any atom is 0.375 e. The molecule has 1 heterocycles. The zero-order valence-electron chi connectivity index (χ0n) is 13.2. The fourth-order valence-electron chi connectivity index (χ4n) is 2.49. The van der Waals surface area contributed by atoms with E-state index >= 15 is 0 Å². The van der Waals surface area contributed by atoms with Crippen LogP contribution in [0.25, 0.3) is 11.0 Å². The van der Waals surface area contributed by atoms with Crippen LogP contribution in [-0.2, 0) is 4.74 Å². The van der Waals surface area contributed by atoms with Crippen molar-refractivity contribution in [2.75, 3.05) is 0 Å². The number of ketones is 1. The predicted molar refractivity (Wildman–Crippen MR) is 91.6 cm³/mol. The summed E-state index contributed by atoms with van der Waals surface area (Å²) in [5, 5.41) is 1.38. The molecule has 0 saturated carbocycles. The van der Waals surface area contributed by atoms with Gasteiger partial charge < -0.3 is 9.15 Å². The largest absolute Gasteiger partial charge is 0.449 e. The van der Waals surface area contributed by atoms with Gasteiger partial charge in [0.25, 0.3) is 0 Å². The Hall–Kier alpha value is -2.59. The molecule has 24 heavy (non-hydrogen) atoms. The molecular formula is C19H15ClO4. The third-order valence-electron chi connectivity index (χ3n) is 3.81. The first kappa shape index (κ1) is 16.3. The van der Waals surface area contributed by atoms with E-state index in [1.807, 2.05) is 18.2 Å². The number of rotatable bonds is 4. The summed E-state index contributed by atoms with van der Waals surface area (Å²) in [6.45, 7) is 3.32. The van der Waals surface area contributed by atoms with Crippen LogP contribution in [0.1, 0.15) is 33.4 Å². The number of carbonyl (C=O) groups is 2. The monoisotopic (exact) mass is 342 g/mol. The molecule has 0 N–H and O–H groups in total. The molecule has 3 rings (SSSR count). The molecule has 0 saturated heterocycles. The first-order valence-electron chi connectivity index (χ1n) is 7.46. The van der Waals surface area contributed by atoms with E-state index in [9.17, 15) is 9.59 Å². The number of ether oxygens (including phenoxy) is 1. The van der Waals surface area contributed by atoms with Gasteiger partial charge in [-0.15, -0.1) is 0 Å². The molecule has 0 aliphatic heterocycles. The summed E-state index contributed by atoms with van der Waals surface area (Å²) in [5.41, 5.74) is 1.74. The summed E-state index contributed by atoms with van der Waals surface area (Å²) in [6.07, 6.45) is -0.925. The molecular weight excluding hydrogens is 328 g/mol. The van der Waals surface area contributed by atoms with E-state index in [1.54, 1.807) is 37.3 Å². The van der Waals surface area contributed by atoms with Crippen LogP contribution in [0.2, 0.25) is 5.02 Å². The zero-order chi connectivity index (χ0) is 17.3. The molecule has 0 amide bonds. The molecule has 4 nitrogen and oxygen atoms in total. The second-order valence-corrected chi connectivity index (χ2v) is 5.91. The van der Waals surface area contributed by atoms with Crippen molar-refractivity contribution in [2.24, 2.45) is 0 Å². The molecule has 5 heteroatoms. The predicted octanol–water partition coefficient (Wildman–Crippen LogP) is 4.82. The highest BCUT2D eigenvalue weighted by atomic mass is 35.5. The third kappa shape index (κ3) is 3.05. The molecule has 0 bridgehead atoms. The zero-order valence-corrected chi connectivity index (χ0v) is 14.0.